The molecule has 0 saturated carbocycles. The molecular formula is C15H16BrNO3S. The van der Waals surface area contributed by atoms with Gasteiger partial charge in [-0.05, 0) is 33.4 Å². The Balaban J connectivity index is 2.08. The number of aromatic hydroxyl groups is 1. The van der Waals surface area contributed by atoms with Crippen LogP contribution in [0.4, 0.5) is 0 Å². The largest absolute Gasteiger partial charge is 0.506 e. The van der Waals surface area contributed by atoms with Crippen molar-refractivity contribution in [3.05, 3.63) is 50.6 Å². The number of para-hydroxylation sites is 1. The molecule has 0 aliphatic heterocycles. The molecule has 0 fully saturated rings. The van der Waals surface area contributed by atoms with Gasteiger partial charge in [0.15, 0.2) is 0 Å². The number of rotatable bonds is 6. The third kappa shape index (κ3) is 4.30. The fourth-order valence-corrected chi connectivity index (χ4v) is 3.16. The first kappa shape index (κ1) is 16.0. The summed E-state index contributed by atoms with van der Waals surface area (Å²) >= 11 is 4.88. The lowest BCUT2D eigenvalue weighted by Gasteiger charge is -2.17. The van der Waals surface area contributed by atoms with Crippen LogP contribution in [0.25, 0.3) is 0 Å². The highest BCUT2D eigenvalue weighted by Crippen LogP contribution is 2.29. The number of ether oxygens (including phenoxy) is 1. The average molecular weight is 370 g/mol. The van der Waals surface area contributed by atoms with Gasteiger partial charge in [0.1, 0.15) is 5.75 Å². The molecule has 0 radical (unpaired) electrons. The molecule has 4 nitrogen and oxygen atoms in total. The quantitative estimate of drug-likeness (QED) is 0.763. The van der Waals surface area contributed by atoms with Crippen molar-refractivity contribution < 1.29 is 14.6 Å². The first-order chi connectivity index (χ1) is 10.1. The van der Waals surface area contributed by atoms with Gasteiger partial charge < -0.3 is 15.2 Å². The van der Waals surface area contributed by atoms with Gasteiger partial charge in [0.05, 0.1) is 24.0 Å². The topological polar surface area (TPSA) is 58.6 Å². The van der Waals surface area contributed by atoms with Gasteiger partial charge in [0, 0.05) is 17.0 Å². The monoisotopic (exact) mass is 369 g/mol. The molecule has 0 saturated heterocycles. The number of carbonyl (C=O) groups excluding carboxylic acids is 1. The molecule has 1 aromatic heterocycles. The molecule has 0 aliphatic carbocycles. The van der Waals surface area contributed by atoms with Gasteiger partial charge in [0.25, 0.3) is 0 Å². The summed E-state index contributed by atoms with van der Waals surface area (Å²) in [5, 5.41) is 15.3. The molecular weight excluding hydrogens is 354 g/mol. The first-order valence-electron chi connectivity index (χ1n) is 6.41. The lowest BCUT2D eigenvalue weighted by Crippen LogP contribution is -2.23. The van der Waals surface area contributed by atoms with Gasteiger partial charge in [-0.25, -0.2) is 0 Å². The standard InChI is InChI=1S/C15H16BrNO3S/c1-20-14(18)8-12(13-6-3-7-21-13)17-9-10-4-2-5-11(16)15(10)19/h2-7,12,17,19H,8-9H2,1H3. The second kappa shape index (κ2) is 7.59. The fraction of sp³-hybridized carbons (Fsp3) is 0.267. The van der Waals surface area contributed by atoms with E-state index in [0.717, 1.165) is 10.4 Å². The summed E-state index contributed by atoms with van der Waals surface area (Å²) in [6.45, 7) is 0.463. The van der Waals surface area contributed by atoms with Crippen LogP contribution in [-0.2, 0) is 16.1 Å². The zero-order valence-electron chi connectivity index (χ0n) is 11.5. The van der Waals surface area contributed by atoms with E-state index < -0.39 is 0 Å². The van der Waals surface area contributed by atoms with Crippen molar-refractivity contribution in [2.24, 2.45) is 0 Å². The van der Waals surface area contributed by atoms with E-state index in [-0.39, 0.29) is 24.2 Å². The molecule has 0 spiro atoms. The maximum atomic E-state index is 11.5. The van der Waals surface area contributed by atoms with Crippen LogP contribution in [0.1, 0.15) is 22.9 Å². The maximum Gasteiger partial charge on any atom is 0.307 e. The molecule has 2 rings (SSSR count). The zero-order valence-corrected chi connectivity index (χ0v) is 13.9. The normalized spacial score (nSPS) is 12.1. The summed E-state index contributed by atoms with van der Waals surface area (Å²) in [6.07, 6.45) is 0.256. The van der Waals surface area contributed by atoms with Gasteiger partial charge in [-0.15, -0.1) is 11.3 Å². The molecule has 21 heavy (non-hydrogen) atoms. The van der Waals surface area contributed by atoms with Crippen molar-refractivity contribution in [3.8, 4) is 5.75 Å². The molecule has 6 heteroatoms. The first-order valence-corrected chi connectivity index (χ1v) is 8.09. The Hall–Kier alpha value is -1.37. The summed E-state index contributed by atoms with van der Waals surface area (Å²) < 4.78 is 5.40. The van der Waals surface area contributed by atoms with Gasteiger partial charge in [-0.3, -0.25) is 4.79 Å². The molecule has 0 amide bonds. The van der Waals surface area contributed by atoms with E-state index >= 15 is 0 Å². The molecule has 1 aromatic carbocycles. The van der Waals surface area contributed by atoms with Crippen LogP contribution < -0.4 is 5.32 Å². The van der Waals surface area contributed by atoms with Gasteiger partial charge in [0.2, 0.25) is 0 Å². The third-order valence-corrected chi connectivity index (χ3v) is 4.72. The molecule has 2 N–H and O–H groups in total. The predicted molar refractivity (Wildman–Crippen MR) is 86.3 cm³/mol. The summed E-state index contributed by atoms with van der Waals surface area (Å²) in [7, 11) is 1.38. The molecule has 2 aromatic rings. The Bertz CT molecular complexity index is 601. The van der Waals surface area contributed by atoms with E-state index in [0.29, 0.717) is 11.0 Å². The van der Waals surface area contributed by atoms with Gasteiger partial charge >= 0.3 is 5.97 Å². The highest BCUT2D eigenvalue weighted by atomic mass is 79.9. The van der Waals surface area contributed by atoms with Crippen molar-refractivity contribution in [2.75, 3.05) is 7.11 Å². The number of benzene rings is 1. The van der Waals surface area contributed by atoms with E-state index in [9.17, 15) is 9.90 Å². The Kier molecular flexibility index (Phi) is 5.78. The van der Waals surface area contributed by atoms with Crippen LogP contribution in [0, 0.1) is 0 Å². The number of phenols is 1. The smallest absolute Gasteiger partial charge is 0.307 e. The van der Waals surface area contributed by atoms with Crippen LogP contribution in [0.5, 0.6) is 5.75 Å². The van der Waals surface area contributed by atoms with E-state index in [1.165, 1.54) is 7.11 Å². The number of hydrogen-bond donors (Lipinski definition) is 2. The van der Waals surface area contributed by atoms with Crippen molar-refractivity contribution in [3.63, 3.8) is 0 Å². The Morgan fingerprint density at radius 2 is 2.24 bits per heavy atom. The van der Waals surface area contributed by atoms with E-state index in [1.807, 2.05) is 29.6 Å². The highest BCUT2D eigenvalue weighted by molar-refractivity contribution is 9.10. The highest BCUT2D eigenvalue weighted by Gasteiger charge is 2.17. The number of hydrogen-bond acceptors (Lipinski definition) is 5. The van der Waals surface area contributed by atoms with Crippen LogP contribution >= 0.6 is 27.3 Å². The number of nitrogens with one attached hydrogen (secondary N) is 1. The van der Waals surface area contributed by atoms with Crippen LogP contribution in [0.3, 0.4) is 0 Å². The van der Waals surface area contributed by atoms with Crippen LogP contribution in [0.15, 0.2) is 40.2 Å². The Morgan fingerprint density at radius 1 is 1.43 bits per heavy atom. The molecule has 1 heterocycles. The van der Waals surface area contributed by atoms with Crippen molar-refractivity contribution in [2.45, 2.75) is 19.0 Å². The number of phenolic OH excluding ortho intramolecular Hbond substituents is 1. The molecule has 1 unspecified atom stereocenters. The molecule has 0 bridgehead atoms. The minimum Gasteiger partial charge on any atom is -0.506 e. The van der Waals surface area contributed by atoms with Gasteiger partial charge in [-0.1, -0.05) is 18.2 Å². The van der Waals surface area contributed by atoms with Crippen molar-refractivity contribution in [1.29, 1.82) is 0 Å². The average Bonchev–Trinajstić information content (AvgIpc) is 3.01. The third-order valence-electron chi connectivity index (χ3n) is 3.09. The fourth-order valence-electron chi connectivity index (χ4n) is 1.95. The summed E-state index contributed by atoms with van der Waals surface area (Å²) in [4.78, 5) is 12.6. The summed E-state index contributed by atoms with van der Waals surface area (Å²) in [5.41, 5.74) is 0.774. The minimum atomic E-state index is -0.264. The summed E-state index contributed by atoms with van der Waals surface area (Å²) in [6, 6.07) is 9.28. The van der Waals surface area contributed by atoms with E-state index in [4.69, 9.17) is 4.74 Å². The number of halogens is 1. The second-order valence-electron chi connectivity index (χ2n) is 4.48. The lowest BCUT2D eigenvalue weighted by atomic mass is 10.1. The SMILES string of the molecule is COC(=O)CC(NCc1cccc(Br)c1O)c1cccs1. The Labute approximate surface area is 135 Å². The van der Waals surface area contributed by atoms with Crippen LogP contribution in [-0.4, -0.2) is 18.2 Å². The maximum absolute atomic E-state index is 11.5. The van der Waals surface area contributed by atoms with E-state index in [1.54, 1.807) is 17.4 Å². The number of esters is 1. The van der Waals surface area contributed by atoms with Crippen molar-refractivity contribution in [1.82, 2.24) is 5.32 Å². The molecule has 1 atom stereocenters. The molecule has 0 aliphatic rings. The Morgan fingerprint density at radius 3 is 2.90 bits per heavy atom. The van der Waals surface area contributed by atoms with E-state index in [2.05, 4.69) is 21.2 Å². The summed E-state index contributed by atoms with van der Waals surface area (Å²) in [5.74, 6) is -0.0487. The van der Waals surface area contributed by atoms with Crippen LogP contribution in [0.2, 0.25) is 0 Å². The molecule has 112 valence electrons. The lowest BCUT2D eigenvalue weighted by molar-refractivity contribution is -0.141. The number of methoxy groups -OCH3 is 1. The minimum absolute atomic E-state index is 0.129. The number of carbonyl (C=O) groups is 1. The zero-order chi connectivity index (χ0) is 15.2. The van der Waals surface area contributed by atoms with Crippen molar-refractivity contribution >= 4 is 33.2 Å². The predicted octanol–water partition coefficient (Wildman–Crippen LogP) is 3.61. The number of thiophene rings is 1. The second-order valence-corrected chi connectivity index (χ2v) is 6.31. The van der Waals surface area contributed by atoms with Gasteiger partial charge in [-0.2, -0.15) is 0 Å².